The highest BCUT2D eigenvalue weighted by molar-refractivity contribution is 5.91. The van der Waals surface area contributed by atoms with Gasteiger partial charge < -0.3 is 14.7 Å². The van der Waals surface area contributed by atoms with E-state index in [1.807, 2.05) is 29.2 Å². The predicted molar refractivity (Wildman–Crippen MR) is 85.2 cm³/mol. The highest BCUT2D eigenvalue weighted by atomic mass is 16.5. The van der Waals surface area contributed by atoms with Gasteiger partial charge in [0.2, 0.25) is 5.91 Å². The SMILES string of the molecule is O=C(O)C1C2C=CC3(CN(C4CCCc5ccccc54)C(=O)C13)O2. The Morgan fingerprint density at radius 2 is 2.17 bits per heavy atom. The fraction of sp³-hybridized carbons (Fsp3) is 0.474. The number of carboxylic acids is 1. The van der Waals surface area contributed by atoms with Crippen LogP contribution in [0.3, 0.4) is 0 Å². The molecule has 1 amide bonds. The van der Waals surface area contributed by atoms with Crippen molar-refractivity contribution in [2.45, 2.75) is 37.0 Å². The molecule has 5 unspecified atom stereocenters. The number of rotatable bonds is 2. The van der Waals surface area contributed by atoms with Gasteiger partial charge in [-0.15, -0.1) is 0 Å². The van der Waals surface area contributed by atoms with Gasteiger partial charge in [-0.3, -0.25) is 9.59 Å². The lowest BCUT2D eigenvalue weighted by Gasteiger charge is -2.34. The highest BCUT2D eigenvalue weighted by Gasteiger charge is 2.67. The highest BCUT2D eigenvalue weighted by Crippen LogP contribution is 2.54. The summed E-state index contributed by atoms with van der Waals surface area (Å²) in [5, 5.41) is 9.57. The Balaban J connectivity index is 1.54. The van der Waals surface area contributed by atoms with Crippen molar-refractivity contribution in [3.63, 3.8) is 0 Å². The third kappa shape index (κ3) is 1.68. The summed E-state index contributed by atoms with van der Waals surface area (Å²) in [7, 11) is 0. The molecule has 24 heavy (non-hydrogen) atoms. The predicted octanol–water partition coefficient (Wildman–Crippen LogP) is 1.93. The van der Waals surface area contributed by atoms with E-state index in [1.165, 1.54) is 11.1 Å². The molecular formula is C19H19NO4. The number of ether oxygens (including phenoxy) is 1. The molecule has 5 atom stereocenters. The van der Waals surface area contributed by atoms with Crippen LogP contribution in [0, 0.1) is 11.8 Å². The second-order valence-corrected chi connectivity index (χ2v) is 7.31. The first-order valence-corrected chi connectivity index (χ1v) is 8.59. The summed E-state index contributed by atoms with van der Waals surface area (Å²) in [4.78, 5) is 26.7. The lowest BCUT2D eigenvalue weighted by molar-refractivity contribution is -0.148. The van der Waals surface area contributed by atoms with Crippen LogP contribution in [0.15, 0.2) is 36.4 Å². The minimum Gasteiger partial charge on any atom is -0.481 e. The van der Waals surface area contributed by atoms with Crippen LogP contribution in [-0.4, -0.2) is 40.1 Å². The Hall–Kier alpha value is -2.14. The van der Waals surface area contributed by atoms with Crippen molar-refractivity contribution in [3.8, 4) is 0 Å². The zero-order valence-electron chi connectivity index (χ0n) is 13.2. The summed E-state index contributed by atoms with van der Waals surface area (Å²) in [5.41, 5.74) is 1.77. The number of carbonyl (C=O) groups excluding carboxylic acids is 1. The number of carboxylic acid groups (broad SMARTS) is 1. The van der Waals surface area contributed by atoms with Crippen molar-refractivity contribution in [2.24, 2.45) is 11.8 Å². The van der Waals surface area contributed by atoms with Crippen LogP contribution >= 0.6 is 0 Å². The molecule has 2 fully saturated rings. The fourth-order valence-corrected chi connectivity index (χ4v) is 5.13. The molecule has 2 saturated heterocycles. The standard InChI is InChI=1S/C19H19NO4/c21-17-16-15(18(22)23)14-8-9-19(16,24-14)10-20(17)13-7-3-5-11-4-1-2-6-12(11)13/h1-2,4,6,8-9,13-16H,3,5,7,10H2,(H,22,23). The van der Waals surface area contributed by atoms with Crippen LogP contribution in [0.4, 0.5) is 0 Å². The van der Waals surface area contributed by atoms with Crippen LogP contribution in [0.5, 0.6) is 0 Å². The molecule has 2 bridgehead atoms. The van der Waals surface area contributed by atoms with Gasteiger partial charge in [0.25, 0.3) is 0 Å². The number of benzene rings is 1. The Morgan fingerprint density at radius 3 is 3.00 bits per heavy atom. The summed E-state index contributed by atoms with van der Waals surface area (Å²) < 4.78 is 5.98. The van der Waals surface area contributed by atoms with E-state index < -0.39 is 29.5 Å². The summed E-state index contributed by atoms with van der Waals surface area (Å²) in [6.07, 6.45) is 6.30. The van der Waals surface area contributed by atoms with Crippen molar-refractivity contribution in [3.05, 3.63) is 47.5 Å². The molecule has 1 N–H and O–H groups in total. The number of aliphatic carboxylic acids is 1. The van der Waals surface area contributed by atoms with Gasteiger partial charge in [0, 0.05) is 0 Å². The van der Waals surface area contributed by atoms with E-state index >= 15 is 0 Å². The van der Waals surface area contributed by atoms with Gasteiger partial charge in [-0.1, -0.05) is 36.4 Å². The second-order valence-electron chi connectivity index (χ2n) is 7.31. The Labute approximate surface area is 139 Å². The van der Waals surface area contributed by atoms with E-state index in [0.717, 1.165) is 19.3 Å². The average Bonchev–Trinajstić information content (AvgIpc) is 3.22. The van der Waals surface area contributed by atoms with Gasteiger partial charge in [0.15, 0.2) is 0 Å². The second kappa shape index (κ2) is 4.70. The van der Waals surface area contributed by atoms with E-state index in [-0.39, 0.29) is 11.9 Å². The van der Waals surface area contributed by atoms with E-state index in [0.29, 0.717) is 6.54 Å². The number of nitrogens with zero attached hydrogens (tertiary/aromatic N) is 1. The normalized spacial score (nSPS) is 39.2. The average molecular weight is 325 g/mol. The van der Waals surface area contributed by atoms with E-state index in [9.17, 15) is 14.7 Å². The lowest BCUT2D eigenvalue weighted by Crippen LogP contribution is -2.39. The van der Waals surface area contributed by atoms with Crippen molar-refractivity contribution >= 4 is 11.9 Å². The monoisotopic (exact) mass is 325 g/mol. The quantitative estimate of drug-likeness (QED) is 0.844. The largest absolute Gasteiger partial charge is 0.481 e. The third-order valence-electron chi connectivity index (χ3n) is 6.13. The number of hydrogen-bond donors (Lipinski definition) is 1. The lowest BCUT2D eigenvalue weighted by atomic mass is 9.77. The van der Waals surface area contributed by atoms with Gasteiger partial charge in [0.1, 0.15) is 11.5 Å². The number of aryl methyl sites for hydroxylation is 1. The molecule has 3 heterocycles. The zero-order chi connectivity index (χ0) is 16.5. The molecule has 0 radical (unpaired) electrons. The third-order valence-corrected chi connectivity index (χ3v) is 6.13. The maximum absolute atomic E-state index is 13.1. The molecule has 0 aromatic heterocycles. The number of carbonyl (C=O) groups is 2. The van der Waals surface area contributed by atoms with Crippen molar-refractivity contribution < 1.29 is 19.4 Å². The van der Waals surface area contributed by atoms with Gasteiger partial charge >= 0.3 is 5.97 Å². The molecular weight excluding hydrogens is 306 g/mol. The molecule has 4 aliphatic rings. The van der Waals surface area contributed by atoms with E-state index in [4.69, 9.17) is 4.74 Å². The molecule has 3 aliphatic heterocycles. The Morgan fingerprint density at radius 1 is 1.33 bits per heavy atom. The molecule has 5 heteroatoms. The maximum Gasteiger partial charge on any atom is 0.310 e. The Bertz CT molecular complexity index is 772. The summed E-state index contributed by atoms with van der Waals surface area (Å²) in [6.45, 7) is 0.465. The topological polar surface area (TPSA) is 66.8 Å². The summed E-state index contributed by atoms with van der Waals surface area (Å²) in [6, 6.07) is 8.31. The van der Waals surface area contributed by atoms with Gasteiger partial charge in [-0.2, -0.15) is 0 Å². The smallest absolute Gasteiger partial charge is 0.310 e. The summed E-state index contributed by atoms with van der Waals surface area (Å²) >= 11 is 0. The van der Waals surface area contributed by atoms with Crippen molar-refractivity contribution in [2.75, 3.05) is 6.54 Å². The molecule has 5 rings (SSSR count). The first kappa shape index (κ1) is 14.2. The van der Waals surface area contributed by atoms with Crippen LogP contribution in [0.25, 0.3) is 0 Å². The fourth-order valence-electron chi connectivity index (χ4n) is 5.13. The van der Waals surface area contributed by atoms with Gasteiger partial charge in [-0.25, -0.2) is 0 Å². The molecule has 1 spiro atoms. The number of amides is 1. The first-order chi connectivity index (χ1) is 11.6. The maximum atomic E-state index is 13.1. The first-order valence-electron chi connectivity index (χ1n) is 8.59. The summed E-state index contributed by atoms with van der Waals surface area (Å²) in [5.74, 6) is -2.34. The Kier molecular flexibility index (Phi) is 2.78. The molecule has 0 saturated carbocycles. The zero-order valence-corrected chi connectivity index (χ0v) is 13.2. The number of fused-ring (bicyclic) bond motifs is 2. The van der Waals surface area contributed by atoms with Gasteiger partial charge in [0.05, 0.1) is 24.6 Å². The molecule has 5 nitrogen and oxygen atoms in total. The molecule has 124 valence electrons. The minimum absolute atomic E-state index is 0.0351. The van der Waals surface area contributed by atoms with Crippen LogP contribution < -0.4 is 0 Å². The molecule has 1 aliphatic carbocycles. The number of hydrogen-bond acceptors (Lipinski definition) is 3. The molecule has 1 aromatic rings. The number of likely N-dealkylation sites (tertiary alicyclic amines) is 1. The van der Waals surface area contributed by atoms with E-state index in [1.54, 1.807) is 0 Å². The minimum atomic E-state index is -0.935. The van der Waals surface area contributed by atoms with Crippen molar-refractivity contribution in [1.29, 1.82) is 0 Å². The van der Waals surface area contributed by atoms with E-state index in [2.05, 4.69) is 12.1 Å². The van der Waals surface area contributed by atoms with Crippen molar-refractivity contribution in [1.82, 2.24) is 4.90 Å². The van der Waals surface area contributed by atoms with Crippen LogP contribution in [-0.2, 0) is 20.7 Å². The van der Waals surface area contributed by atoms with Crippen LogP contribution in [0.1, 0.15) is 30.0 Å². The van der Waals surface area contributed by atoms with Crippen LogP contribution in [0.2, 0.25) is 0 Å². The molecule has 1 aromatic carbocycles. The van der Waals surface area contributed by atoms with Gasteiger partial charge in [-0.05, 0) is 30.4 Å².